The number of hydrogen-bond donors (Lipinski definition) is 0. The van der Waals surface area contributed by atoms with Gasteiger partial charge in [0.05, 0.1) is 9.90 Å². The first kappa shape index (κ1) is 10.8. The maximum absolute atomic E-state index is 12.0. The highest BCUT2D eigenvalue weighted by molar-refractivity contribution is 9.10. The maximum Gasteiger partial charge on any atom is 0.225 e. The van der Waals surface area contributed by atoms with Crippen molar-refractivity contribution in [1.82, 2.24) is 15.0 Å². The Morgan fingerprint density at radius 3 is 2.87 bits per heavy atom. The fourth-order valence-corrected chi connectivity index (χ4v) is 2.73. The van der Waals surface area contributed by atoms with Crippen molar-refractivity contribution in [3.05, 3.63) is 31.6 Å². The van der Waals surface area contributed by atoms with Crippen LogP contribution < -0.4 is 0 Å². The normalized spacial score (nSPS) is 10.6. The molecule has 0 atom stereocenters. The Balaban J connectivity index is 2.50. The molecule has 0 unspecified atom stereocenters. The van der Waals surface area contributed by atoms with E-state index in [9.17, 15) is 4.79 Å². The van der Waals surface area contributed by atoms with Crippen molar-refractivity contribution in [3.63, 3.8) is 0 Å². The SMILES string of the molecule is Cn1nnc(Br)c1C(=O)c1sccc1Cl. The highest BCUT2D eigenvalue weighted by atomic mass is 79.9. The van der Waals surface area contributed by atoms with Crippen molar-refractivity contribution >= 4 is 44.7 Å². The second-order valence-corrected chi connectivity index (χ2v) is 4.85. The maximum atomic E-state index is 12.0. The van der Waals surface area contributed by atoms with Crippen LogP contribution in [0.1, 0.15) is 15.4 Å². The molecule has 2 heterocycles. The van der Waals surface area contributed by atoms with Crippen LogP contribution in [-0.4, -0.2) is 20.8 Å². The van der Waals surface area contributed by atoms with E-state index in [1.54, 1.807) is 18.5 Å². The van der Waals surface area contributed by atoms with Gasteiger partial charge in [-0.15, -0.1) is 16.4 Å². The Labute approximate surface area is 103 Å². The minimum Gasteiger partial charge on any atom is -0.286 e. The zero-order chi connectivity index (χ0) is 11.0. The van der Waals surface area contributed by atoms with Crippen LogP contribution in [0.4, 0.5) is 0 Å². The molecule has 2 rings (SSSR count). The van der Waals surface area contributed by atoms with E-state index in [0.717, 1.165) is 0 Å². The van der Waals surface area contributed by atoms with E-state index in [1.807, 2.05) is 0 Å². The molecule has 0 amide bonds. The Kier molecular flexibility index (Phi) is 2.90. The van der Waals surface area contributed by atoms with E-state index in [-0.39, 0.29) is 5.78 Å². The number of nitrogens with zero attached hydrogens (tertiary/aromatic N) is 3. The molecule has 0 radical (unpaired) electrons. The lowest BCUT2D eigenvalue weighted by Crippen LogP contribution is -2.07. The summed E-state index contributed by atoms with van der Waals surface area (Å²) in [6, 6.07) is 1.69. The first-order valence-electron chi connectivity index (χ1n) is 3.94. The van der Waals surface area contributed by atoms with Crippen LogP contribution >= 0.6 is 38.9 Å². The number of carbonyl (C=O) groups excluding carboxylic acids is 1. The van der Waals surface area contributed by atoms with Crippen molar-refractivity contribution in [2.24, 2.45) is 7.05 Å². The Bertz CT molecular complexity index is 502. The van der Waals surface area contributed by atoms with Crippen molar-refractivity contribution in [2.75, 3.05) is 0 Å². The van der Waals surface area contributed by atoms with Crippen molar-refractivity contribution < 1.29 is 4.79 Å². The number of halogens is 2. The van der Waals surface area contributed by atoms with Gasteiger partial charge in [-0.2, -0.15) is 0 Å². The summed E-state index contributed by atoms with van der Waals surface area (Å²) in [5, 5.41) is 9.71. The Hall–Kier alpha value is -0.720. The van der Waals surface area contributed by atoms with E-state index in [0.29, 0.717) is 20.2 Å². The third-order valence-electron chi connectivity index (χ3n) is 1.82. The molecular formula is C8H5BrClN3OS. The number of ketones is 1. The number of aryl methyl sites for hydroxylation is 1. The predicted octanol–water partition coefficient (Wildman–Crippen LogP) is 2.52. The van der Waals surface area contributed by atoms with Crippen LogP contribution in [-0.2, 0) is 7.05 Å². The molecule has 0 aliphatic heterocycles. The summed E-state index contributed by atoms with van der Waals surface area (Å²) >= 11 is 10.4. The molecule has 0 bridgehead atoms. The summed E-state index contributed by atoms with van der Waals surface area (Å²) in [7, 11) is 1.66. The fraction of sp³-hybridized carbons (Fsp3) is 0.125. The van der Waals surface area contributed by atoms with Gasteiger partial charge in [-0.05, 0) is 27.4 Å². The zero-order valence-electron chi connectivity index (χ0n) is 7.57. The quantitative estimate of drug-likeness (QED) is 0.801. The minimum atomic E-state index is -0.172. The Morgan fingerprint density at radius 2 is 2.40 bits per heavy atom. The predicted molar refractivity (Wildman–Crippen MR) is 61.5 cm³/mol. The summed E-state index contributed by atoms with van der Waals surface area (Å²) in [4.78, 5) is 12.5. The molecule has 15 heavy (non-hydrogen) atoms. The van der Waals surface area contributed by atoms with E-state index >= 15 is 0 Å². The summed E-state index contributed by atoms with van der Waals surface area (Å²) in [5.41, 5.74) is 0.402. The summed E-state index contributed by atoms with van der Waals surface area (Å²) in [5.74, 6) is -0.172. The van der Waals surface area contributed by atoms with Crippen LogP contribution in [0.25, 0.3) is 0 Å². The Morgan fingerprint density at radius 1 is 1.67 bits per heavy atom. The zero-order valence-corrected chi connectivity index (χ0v) is 10.7. The van der Waals surface area contributed by atoms with Gasteiger partial charge < -0.3 is 0 Å². The first-order valence-corrected chi connectivity index (χ1v) is 5.99. The minimum absolute atomic E-state index is 0.172. The van der Waals surface area contributed by atoms with Gasteiger partial charge in [-0.3, -0.25) is 4.79 Å². The van der Waals surface area contributed by atoms with Gasteiger partial charge >= 0.3 is 0 Å². The lowest BCUT2D eigenvalue weighted by atomic mass is 10.2. The van der Waals surface area contributed by atoms with Crippen molar-refractivity contribution in [2.45, 2.75) is 0 Å². The number of hydrogen-bond acceptors (Lipinski definition) is 4. The molecule has 0 aliphatic carbocycles. The number of thiophene rings is 1. The third kappa shape index (κ3) is 1.84. The van der Waals surface area contributed by atoms with Crippen molar-refractivity contribution in [3.8, 4) is 0 Å². The molecule has 78 valence electrons. The van der Waals surface area contributed by atoms with E-state index in [2.05, 4.69) is 26.2 Å². The highest BCUT2D eigenvalue weighted by Crippen LogP contribution is 2.26. The van der Waals surface area contributed by atoms with Gasteiger partial charge in [0.25, 0.3) is 0 Å². The van der Waals surface area contributed by atoms with Gasteiger partial charge in [0.15, 0.2) is 4.60 Å². The molecule has 0 fully saturated rings. The molecule has 2 aromatic heterocycles. The second-order valence-electron chi connectivity index (χ2n) is 2.78. The topological polar surface area (TPSA) is 47.8 Å². The molecule has 0 spiro atoms. The van der Waals surface area contributed by atoms with Gasteiger partial charge in [0, 0.05) is 7.05 Å². The van der Waals surface area contributed by atoms with Gasteiger partial charge in [-0.1, -0.05) is 16.8 Å². The second kappa shape index (κ2) is 4.03. The van der Waals surface area contributed by atoms with Crippen LogP contribution in [0.5, 0.6) is 0 Å². The average molecular weight is 307 g/mol. The molecule has 0 saturated carbocycles. The van der Waals surface area contributed by atoms with E-state index in [4.69, 9.17) is 11.6 Å². The number of aromatic nitrogens is 3. The molecular weight excluding hydrogens is 302 g/mol. The number of carbonyl (C=O) groups is 1. The van der Waals surface area contributed by atoms with Gasteiger partial charge in [0.1, 0.15) is 5.69 Å². The molecule has 2 aromatic rings. The van der Waals surface area contributed by atoms with E-state index in [1.165, 1.54) is 16.0 Å². The summed E-state index contributed by atoms with van der Waals surface area (Å²) in [6.07, 6.45) is 0. The molecule has 0 aromatic carbocycles. The van der Waals surface area contributed by atoms with Crippen LogP contribution in [0, 0.1) is 0 Å². The fourth-order valence-electron chi connectivity index (χ4n) is 1.14. The third-order valence-corrected chi connectivity index (χ3v) is 3.70. The summed E-state index contributed by atoms with van der Waals surface area (Å²) in [6.45, 7) is 0. The van der Waals surface area contributed by atoms with Crippen LogP contribution in [0.3, 0.4) is 0 Å². The first-order chi connectivity index (χ1) is 7.11. The number of rotatable bonds is 2. The van der Waals surface area contributed by atoms with Crippen LogP contribution in [0.2, 0.25) is 5.02 Å². The standard InChI is InChI=1S/C8H5BrClN3OS/c1-13-5(8(9)11-12-13)6(14)7-4(10)2-3-15-7/h2-3H,1H3. The molecule has 4 nitrogen and oxygen atoms in total. The monoisotopic (exact) mass is 305 g/mol. The smallest absolute Gasteiger partial charge is 0.225 e. The largest absolute Gasteiger partial charge is 0.286 e. The van der Waals surface area contributed by atoms with Crippen LogP contribution in [0.15, 0.2) is 16.0 Å². The van der Waals surface area contributed by atoms with Gasteiger partial charge in [-0.25, -0.2) is 4.68 Å². The van der Waals surface area contributed by atoms with Crippen molar-refractivity contribution in [1.29, 1.82) is 0 Å². The molecule has 0 aliphatic rings. The van der Waals surface area contributed by atoms with E-state index < -0.39 is 0 Å². The molecule has 0 saturated heterocycles. The highest BCUT2D eigenvalue weighted by Gasteiger charge is 2.21. The summed E-state index contributed by atoms with van der Waals surface area (Å²) < 4.78 is 1.85. The average Bonchev–Trinajstić information content (AvgIpc) is 2.73. The molecule has 7 heteroatoms. The lowest BCUT2D eigenvalue weighted by Gasteiger charge is -1.98. The molecule has 0 N–H and O–H groups in total. The van der Waals surface area contributed by atoms with Gasteiger partial charge in [0.2, 0.25) is 5.78 Å². The lowest BCUT2D eigenvalue weighted by molar-refractivity contribution is 0.103.